The lowest BCUT2D eigenvalue weighted by Gasteiger charge is -2.33. The second-order valence-corrected chi connectivity index (χ2v) is 8.96. The highest BCUT2D eigenvalue weighted by atomic mass is 32.1. The maximum absolute atomic E-state index is 13.5. The van der Waals surface area contributed by atoms with E-state index in [0.717, 1.165) is 25.7 Å². The molecule has 0 spiro atoms. The fourth-order valence-corrected chi connectivity index (χ4v) is 4.67. The van der Waals surface area contributed by atoms with Gasteiger partial charge in [0.25, 0.3) is 5.91 Å². The van der Waals surface area contributed by atoms with Gasteiger partial charge in [-0.3, -0.25) is 14.4 Å². The van der Waals surface area contributed by atoms with Crippen molar-refractivity contribution in [1.29, 1.82) is 0 Å². The molecule has 2 N–H and O–H groups in total. The van der Waals surface area contributed by atoms with E-state index in [1.807, 2.05) is 0 Å². The summed E-state index contributed by atoms with van der Waals surface area (Å²) < 4.78 is 5.24. The molecule has 176 valence electrons. The summed E-state index contributed by atoms with van der Waals surface area (Å²) in [6.07, 6.45) is 6.81. The summed E-state index contributed by atoms with van der Waals surface area (Å²) >= 11 is 1.30. The molecule has 2 aromatic rings. The van der Waals surface area contributed by atoms with Crippen molar-refractivity contribution in [1.82, 2.24) is 15.5 Å². The average Bonchev–Trinajstić information content (AvgIpc) is 3.38. The fourth-order valence-electron chi connectivity index (χ4n) is 4.03. The van der Waals surface area contributed by atoms with E-state index in [1.54, 1.807) is 55.0 Å². The number of nitrogens with zero attached hydrogens (tertiary/aromatic N) is 1. The number of nitrogens with one attached hydrogen (secondary N) is 2. The molecule has 3 amide bonds. The zero-order valence-corrected chi connectivity index (χ0v) is 19.7. The standard InChI is InChI=1S/C25H31N3O4S/c1-3-15-28(22(29)17-26-24(30)21-10-7-16-33-21)23(18-11-13-20(32-2)14-12-18)25(31)27-19-8-5-4-6-9-19/h3,7,10-14,16,19,23H,1,4-6,8-9,15,17H2,2H3,(H,26,30)(H,27,31). The minimum absolute atomic E-state index is 0.103. The molecule has 0 bridgehead atoms. The van der Waals surface area contributed by atoms with E-state index >= 15 is 0 Å². The van der Waals surface area contributed by atoms with Crippen molar-refractivity contribution in [2.24, 2.45) is 0 Å². The van der Waals surface area contributed by atoms with Gasteiger partial charge in [-0.15, -0.1) is 17.9 Å². The second-order valence-electron chi connectivity index (χ2n) is 8.01. The molecule has 0 saturated heterocycles. The van der Waals surface area contributed by atoms with Gasteiger partial charge in [-0.2, -0.15) is 0 Å². The van der Waals surface area contributed by atoms with Crippen molar-refractivity contribution < 1.29 is 19.1 Å². The first kappa shape index (κ1) is 24.5. The van der Waals surface area contributed by atoms with E-state index in [4.69, 9.17) is 4.74 Å². The highest BCUT2D eigenvalue weighted by Gasteiger charge is 2.32. The summed E-state index contributed by atoms with van der Waals surface area (Å²) in [5.74, 6) is -0.245. The lowest BCUT2D eigenvalue weighted by molar-refractivity contribution is -0.139. The number of hydrogen-bond donors (Lipinski definition) is 2. The molecule has 1 aliphatic rings. The summed E-state index contributed by atoms with van der Waals surface area (Å²) in [5, 5.41) is 7.61. The van der Waals surface area contributed by atoms with Crippen LogP contribution in [0.25, 0.3) is 0 Å². The number of amides is 3. The van der Waals surface area contributed by atoms with E-state index in [-0.39, 0.29) is 36.9 Å². The Balaban J connectivity index is 1.81. The number of ether oxygens (including phenoxy) is 1. The highest BCUT2D eigenvalue weighted by Crippen LogP contribution is 2.26. The molecule has 1 aromatic heterocycles. The number of benzene rings is 1. The van der Waals surface area contributed by atoms with Crippen molar-refractivity contribution in [3.63, 3.8) is 0 Å². The molecule has 1 saturated carbocycles. The van der Waals surface area contributed by atoms with Gasteiger partial charge in [0.1, 0.15) is 11.8 Å². The third kappa shape index (κ3) is 6.68. The topological polar surface area (TPSA) is 87.7 Å². The number of hydrogen-bond acceptors (Lipinski definition) is 5. The second kappa shape index (κ2) is 12.2. The van der Waals surface area contributed by atoms with Gasteiger partial charge in [0.15, 0.2) is 0 Å². The normalized spacial score (nSPS) is 14.7. The van der Waals surface area contributed by atoms with Crippen LogP contribution in [0.15, 0.2) is 54.4 Å². The summed E-state index contributed by atoms with van der Waals surface area (Å²) in [6.45, 7) is 3.72. The van der Waals surface area contributed by atoms with Crippen molar-refractivity contribution in [3.8, 4) is 5.75 Å². The van der Waals surface area contributed by atoms with Gasteiger partial charge in [-0.25, -0.2) is 0 Å². The SMILES string of the molecule is C=CCN(C(=O)CNC(=O)c1cccs1)C(C(=O)NC1CCCCC1)c1ccc(OC)cc1. The Kier molecular flexibility index (Phi) is 9.06. The minimum Gasteiger partial charge on any atom is -0.497 e. The molecule has 1 unspecified atom stereocenters. The van der Waals surface area contributed by atoms with Crippen LogP contribution in [0.1, 0.15) is 53.4 Å². The molecule has 8 heteroatoms. The van der Waals surface area contributed by atoms with Gasteiger partial charge in [0.2, 0.25) is 11.8 Å². The first-order valence-corrected chi connectivity index (χ1v) is 12.1. The van der Waals surface area contributed by atoms with Crippen LogP contribution in [0, 0.1) is 0 Å². The molecule has 1 aliphatic carbocycles. The molecular weight excluding hydrogens is 438 g/mol. The maximum Gasteiger partial charge on any atom is 0.261 e. The average molecular weight is 470 g/mol. The molecule has 7 nitrogen and oxygen atoms in total. The molecule has 1 fully saturated rings. The van der Waals surface area contributed by atoms with Crippen molar-refractivity contribution in [2.75, 3.05) is 20.2 Å². The third-order valence-electron chi connectivity index (χ3n) is 5.73. The van der Waals surface area contributed by atoms with Crippen LogP contribution >= 0.6 is 11.3 Å². The molecule has 1 atom stereocenters. The monoisotopic (exact) mass is 469 g/mol. The summed E-state index contributed by atoms with van der Waals surface area (Å²) in [6, 6.07) is 9.85. The maximum atomic E-state index is 13.5. The lowest BCUT2D eigenvalue weighted by atomic mass is 9.94. The minimum atomic E-state index is -0.845. The van der Waals surface area contributed by atoms with Crippen LogP contribution < -0.4 is 15.4 Å². The van der Waals surface area contributed by atoms with Crippen LogP contribution in [0.3, 0.4) is 0 Å². The molecule has 0 radical (unpaired) electrons. The fraction of sp³-hybridized carbons (Fsp3) is 0.400. The first-order chi connectivity index (χ1) is 16.0. The Bertz CT molecular complexity index is 937. The largest absolute Gasteiger partial charge is 0.497 e. The Morgan fingerprint density at radius 3 is 2.52 bits per heavy atom. The number of methoxy groups -OCH3 is 1. The van der Waals surface area contributed by atoms with E-state index < -0.39 is 6.04 Å². The first-order valence-electron chi connectivity index (χ1n) is 11.2. The van der Waals surface area contributed by atoms with Gasteiger partial charge in [-0.1, -0.05) is 43.5 Å². The van der Waals surface area contributed by atoms with Gasteiger partial charge in [0, 0.05) is 12.6 Å². The molecule has 1 aromatic carbocycles. The number of carbonyl (C=O) groups excluding carboxylic acids is 3. The van der Waals surface area contributed by atoms with Crippen molar-refractivity contribution >= 4 is 29.1 Å². The van der Waals surface area contributed by atoms with Gasteiger partial charge in [0.05, 0.1) is 18.5 Å². The summed E-state index contributed by atoms with van der Waals surface area (Å²) in [7, 11) is 1.58. The Morgan fingerprint density at radius 2 is 1.91 bits per heavy atom. The Labute approximate surface area is 198 Å². The van der Waals surface area contributed by atoms with Gasteiger partial charge in [-0.05, 0) is 42.0 Å². The van der Waals surface area contributed by atoms with Crippen LogP contribution in [0.5, 0.6) is 5.75 Å². The van der Waals surface area contributed by atoms with E-state index in [9.17, 15) is 14.4 Å². The third-order valence-corrected chi connectivity index (χ3v) is 6.60. The van der Waals surface area contributed by atoms with Gasteiger partial charge >= 0.3 is 0 Å². The Morgan fingerprint density at radius 1 is 1.18 bits per heavy atom. The molecule has 3 rings (SSSR count). The smallest absolute Gasteiger partial charge is 0.261 e. The predicted molar refractivity (Wildman–Crippen MR) is 129 cm³/mol. The van der Waals surface area contributed by atoms with Crippen molar-refractivity contribution in [3.05, 3.63) is 64.9 Å². The van der Waals surface area contributed by atoms with Crippen LogP contribution in [0.2, 0.25) is 0 Å². The summed E-state index contributed by atoms with van der Waals surface area (Å²) in [4.78, 5) is 41.0. The lowest BCUT2D eigenvalue weighted by Crippen LogP contribution is -2.49. The van der Waals surface area contributed by atoms with E-state index in [2.05, 4.69) is 17.2 Å². The zero-order chi connectivity index (χ0) is 23.6. The number of rotatable bonds is 10. The molecule has 0 aliphatic heterocycles. The Hall–Kier alpha value is -3.13. The molecule has 1 heterocycles. The molecule has 33 heavy (non-hydrogen) atoms. The van der Waals surface area contributed by atoms with Crippen LogP contribution in [-0.2, 0) is 9.59 Å². The van der Waals surface area contributed by atoms with E-state index in [1.165, 1.54) is 22.7 Å². The highest BCUT2D eigenvalue weighted by molar-refractivity contribution is 7.12. The van der Waals surface area contributed by atoms with Crippen molar-refractivity contribution in [2.45, 2.75) is 44.2 Å². The molecular formula is C25H31N3O4S. The number of carbonyl (C=O) groups is 3. The zero-order valence-electron chi connectivity index (χ0n) is 18.9. The quantitative estimate of drug-likeness (QED) is 0.520. The predicted octanol–water partition coefficient (Wildman–Crippen LogP) is 3.69. The van der Waals surface area contributed by atoms with Crippen LogP contribution in [0.4, 0.5) is 0 Å². The van der Waals surface area contributed by atoms with Gasteiger partial charge < -0.3 is 20.3 Å². The number of thiophene rings is 1. The van der Waals surface area contributed by atoms with Crippen LogP contribution in [-0.4, -0.2) is 48.9 Å². The summed E-state index contributed by atoms with van der Waals surface area (Å²) in [5.41, 5.74) is 0.670. The van der Waals surface area contributed by atoms with E-state index in [0.29, 0.717) is 16.2 Å².